The van der Waals surface area contributed by atoms with E-state index in [1.807, 2.05) is 19.1 Å². The van der Waals surface area contributed by atoms with E-state index in [4.69, 9.17) is 28.9 Å². The van der Waals surface area contributed by atoms with Crippen LogP contribution in [-0.4, -0.2) is 20.2 Å². The van der Waals surface area contributed by atoms with E-state index in [-0.39, 0.29) is 0 Å². The van der Waals surface area contributed by atoms with Gasteiger partial charge in [-0.2, -0.15) is 4.68 Å². The van der Waals surface area contributed by atoms with Gasteiger partial charge in [0.25, 0.3) is 0 Å². The molecule has 0 atom stereocenters. The van der Waals surface area contributed by atoms with E-state index in [2.05, 4.69) is 15.5 Å². The van der Waals surface area contributed by atoms with Gasteiger partial charge in [0.1, 0.15) is 0 Å². The largest absolute Gasteiger partial charge is 0.398 e. The van der Waals surface area contributed by atoms with Crippen molar-refractivity contribution in [3.8, 4) is 17.1 Å². The third-order valence-electron chi connectivity index (χ3n) is 3.13. The van der Waals surface area contributed by atoms with Crippen molar-refractivity contribution < 1.29 is 0 Å². The highest BCUT2D eigenvalue weighted by Crippen LogP contribution is 2.31. The van der Waals surface area contributed by atoms with Crippen molar-refractivity contribution in [1.82, 2.24) is 20.2 Å². The molecule has 1 aromatic heterocycles. The van der Waals surface area contributed by atoms with Crippen molar-refractivity contribution in [3.63, 3.8) is 0 Å². The van der Waals surface area contributed by atoms with Gasteiger partial charge in [0.05, 0.1) is 10.7 Å². The molecule has 0 aliphatic heterocycles. The number of aryl methyl sites for hydroxylation is 1. The molecule has 0 saturated heterocycles. The lowest BCUT2D eigenvalue weighted by atomic mass is 10.1. The van der Waals surface area contributed by atoms with E-state index in [1.54, 1.807) is 24.3 Å². The molecule has 0 radical (unpaired) electrons. The van der Waals surface area contributed by atoms with Gasteiger partial charge in [-0.15, -0.1) is 5.10 Å². The molecule has 106 valence electrons. The molecule has 0 aliphatic carbocycles. The zero-order valence-electron chi connectivity index (χ0n) is 11.1. The van der Waals surface area contributed by atoms with Gasteiger partial charge in [-0.3, -0.25) is 0 Å². The fourth-order valence-corrected chi connectivity index (χ4v) is 2.51. The van der Waals surface area contributed by atoms with Crippen molar-refractivity contribution in [1.29, 1.82) is 0 Å². The number of nitrogen functional groups attached to an aromatic ring is 1. The minimum atomic E-state index is 0.500. The standard InChI is InChI=1S/C14H11Cl2N5/c1-8-3-2-4-11(17)13(8)14-18-19-20-21(14)12-7-9(15)5-6-10(12)16/h2-7H,17H2,1H3. The summed E-state index contributed by atoms with van der Waals surface area (Å²) >= 11 is 12.2. The predicted molar refractivity (Wildman–Crippen MR) is 83.8 cm³/mol. The maximum absolute atomic E-state index is 6.22. The van der Waals surface area contributed by atoms with E-state index in [1.165, 1.54) is 4.68 Å². The second kappa shape index (κ2) is 5.35. The van der Waals surface area contributed by atoms with Crippen molar-refractivity contribution in [3.05, 3.63) is 52.0 Å². The van der Waals surface area contributed by atoms with Crippen LogP contribution in [0.5, 0.6) is 0 Å². The van der Waals surface area contributed by atoms with Crippen LogP contribution in [0, 0.1) is 6.92 Å². The Hall–Kier alpha value is -2.11. The van der Waals surface area contributed by atoms with Crippen LogP contribution in [0.1, 0.15) is 5.56 Å². The third kappa shape index (κ3) is 2.46. The second-order valence-electron chi connectivity index (χ2n) is 4.55. The molecule has 3 rings (SSSR count). The Morgan fingerprint density at radius 2 is 1.95 bits per heavy atom. The molecule has 7 heteroatoms. The molecule has 0 spiro atoms. The number of aromatic nitrogens is 4. The molecule has 2 N–H and O–H groups in total. The van der Waals surface area contributed by atoms with Crippen LogP contribution in [0.4, 0.5) is 5.69 Å². The summed E-state index contributed by atoms with van der Waals surface area (Å²) in [5.74, 6) is 0.523. The van der Waals surface area contributed by atoms with Gasteiger partial charge in [0.15, 0.2) is 5.82 Å². The van der Waals surface area contributed by atoms with Crippen LogP contribution in [0.3, 0.4) is 0 Å². The summed E-state index contributed by atoms with van der Waals surface area (Å²) in [5.41, 5.74) is 9.02. The number of halogens is 2. The summed E-state index contributed by atoms with van der Waals surface area (Å²) < 4.78 is 1.53. The summed E-state index contributed by atoms with van der Waals surface area (Å²) in [4.78, 5) is 0. The van der Waals surface area contributed by atoms with Crippen molar-refractivity contribution >= 4 is 28.9 Å². The zero-order chi connectivity index (χ0) is 15.0. The number of nitrogens with zero attached hydrogens (tertiary/aromatic N) is 4. The Labute approximate surface area is 131 Å². The van der Waals surface area contributed by atoms with Crippen LogP contribution < -0.4 is 5.73 Å². The molecule has 0 aliphatic rings. The van der Waals surface area contributed by atoms with Crippen LogP contribution in [-0.2, 0) is 0 Å². The molecule has 21 heavy (non-hydrogen) atoms. The first-order chi connectivity index (χ1) is 10.1. The molecule has 0 unspecified atom stereocenters. The molecular formula is C14H11Cl2N5. The van der Waals surface area contributed by atoms with E-state index >= 15 is 0 Å². The van der Waals surface area contributed by atoms with Crippen LogP contribution in [0.25, 0.3) is 17.1 Å². The van der Waals surface area contributed by atoms with Crippen LogP contribution >= 0.6 is 23.2 Å². The molecular weight excluding hydrogens is 309 g/mol. The zero-order valence-corrected chi connectivity index (χ0v) is 12.6. The highest BCUT2D eigenvalue weighted by Gasteiger charge is 2.17. The molecule has 0 saturated carbocycles. The summed E-state index contributed by atoms with van der Waals surface area (Å²) in [6.45, 7) is 1.95. The lowest BCUT2D eigenvalue weighted by Gasteiger charge is -2.10. The van der Waals surface area contributed by atoms with Crippen LogP contribution in [0.2, 0.25) is 10.0 Å². The number of anilines is 1. The Morgan fingerprint density at radius 3 is 2.71 bits per heavy atom. The normalized spacial score (nSPS) is 10.8. The average molecular weight is 320 g/mol. The topological polar surface area (TPSA) is 69.6 Å². The lowest BCUT2D eigenvalue weighted by Crippen LogP contribution is -2.03. The van der Waals surface area contributed by atoms with E-state index < -0.39 is 0 Å². The molecule has 0 amide bonds. The minimum Gasteiger partial charge on any atom is -0.398 e. The number of hydrogen-bond donors (Lipinski definition) is 1. The summed E-state index contributed by atoms with van der Waals surface area (Å²) in [6, 6.07) is 10.8. The van der Waals surface area contributed by atoms with Gasteiger partial charge in [0, 0.05) is 16.3 Å². The first kappa shape index (κ1) is 13.9. The monoisotopic (exact) mass is 319 g/mol. The number of tetrazole rings is 1. The first-order valence-electron chi connectivity index (χ1n) is 6.17. The quantitative estimate of drug-likeness (QED) is 0.733. The van der Waals surface area contributed by atoms with Crippen molar-refractivity contribution in [2.45, 2.75) is 6.92 Å². The summed E-state index contributed by atoms with van der Waals surface area (Å²) in [6.07, 6.45) is 0. The third-order valence-corrected chi connectivity index (χ3v) is 3.69. The fourth-order valence-electron chi connectivity index (χ4n) is 2.15. The van der Waals surface area contributed by atoms with E-state index in [9.17, 15) is 0 Å². The molecule has 0 bridgehead atoms. The molecule has 2 aromatic carbocycles. The molecule has 0 fully saturated rings. The summed E-state index contributed by atoms with van der Waals surface area (Å²) in [7, 11) is 0. The van der Waals surface area contributed by atoms with Gasteiger partial charge in [-0.25, -0.2) is 0 Å². The molecule has 1 heterocycles. The van der Waals surface area contributed by atoms with E-state index in [0.717, 1.165) is 11.1 Å². The number of rotatable bonds is 2. The molecule has 5 nitrogen and oxygen atoms in total. The lowest BCUT2D eigenvalue weighted by molar-refractivity contribution is 0.791. The van der Waals surface area contributed by atoms with Gasteiger partial charge in [-0.1, -0.05) is 35.3 Å². The predicted octanol–water partition coefficient (Wildman–Crippen LogP) is 3.53. The number of nitrogens with two attached hydrogens (primary N) is 1. The SMILES string of the molecule is Cc1cccc(N)c1-c1nnnn1-c1cc(Cl)ccc1Cl. The average Bonchev–Trinajstić information content (AvgIpc) is 2.90. The van der Waals surface area contributed by atoms with Gasteiger partial charge in [0.2, 0.25) is 0 Å². The minimum absolute atomic E-state index is 0.500. The Morgan fingerprint density at radius 1 is 1.14 bits per heavy atom. The maximum atomic E-state index is 6.22. The first-order valence-corrected chi connectivity index (χ1v) is 6.93. The van der Waals surface area contributed by atoms with Crippen molar-refractivity contribution in [2.75, 3.05) is 5.73 Å². The number of benzene rings is 2. The maximum Gasteiger partial charge on any atom is 0.189 e. The molecule has 3 aromatic rings. The highest BCUT2D eigenvalue weighted by atomic mass is 35.5. The van der Waals surface area contributed by atoms with Gasteiger partial charge < -0.3 is 5.73 Å². The highest BCUT2D eigenvalue weighted by molar-refractivity contribution is 6.34. The van der Waals surface area contributed by atoms with E-state index in [0.29, 0.717) is 27.2 Å². The van der Waals surface area contributed by atoms with Gasteiger partial charge in [-0.05, 0) is 47.2 Å². The fraction of sp³-hybridized carbons (Fsp3) is 0.0714. The smallest absolute Gasteiger partial charge is 0.189 e. The second-order valence-corrected chi connectivity index (χ2v) is 5.39. The summed E-state index contributed by atoms with van der Waals surface area (Å²) in [5, 5.41) is 12.9. The Kier molecular flexibility index (Phi) is 3.53. The van der Waals surface area contributed by atoms with Gasteiger partial charge >= 0.3 is 0 Å². The van der Waals surface area contributed by atoms with Crippen LogP contribution in [0.15, 0.2) is 36.4 Å². The Balaban J connectivity index is 2.25. The Bertz CT molecular complexity index is 793. The number of hydrogen-bond acceptors (Lipinski definition) is 4. The van der Waals surface area contributed by atoms with Crippen molar-refractivity contribution in [2.24, 2.45) is 0 Å².